The molecule has 6 heteroatoms. The van der Waals surface area contributed by atoms with Crippen LogP contribution < -0.4 is 10.2 Å². The fourth-order valence-electron chi connectivity index (χ4n) is 2.79. The first kappa shape index (κ1) is 17.9. The van der Waals surface area contributed by atoms with Crippen molar-refractivity contribution in [2.24, 2.45) is 0 Å². The molecule has 1 N–H and O–H groups in total. The largest absolute Gasteiger partial charge is 0.368 e. The first-order valence-corrected chi connectivity index (χ1v) is 8.54. The Morgan fingerprint density at radius 1 is 1.26 bits per heavy atom. The highest BCUT2D eigenvalue weighted by Gasteiger charge is 2.22. The molecule has 23 heavy (non-hydrogen) atoms. The molecule has 2 rings (SSSR count). The second-order valence-electron chi connectivity index (χ2n) is 6.25. The van der Waals surface area contributed by atoms with Crippen LogP contribution >= 0.6 is 11.6 Å². The summed E-state index contributed by atoms with van der Waals surface area (Å²) < 4.78 is 0. The number of rotatable bonds is 5. The molecule has 1 saturated heterocycles. The lowest BCUT2D eigenvalue weighted by molar-refractivity contribution is 0.194. The van der Waals surface area contributed by atoms with E-state index in [0.717, 1.165) is 56.3 Å². The summed E-state index contributed by atoms with van der Waals surface area (Å²) in [6.45, 7) is 6.92. The standard InChI is InChI=1S/C17H27ClN4O/c1-14-15(18)6-4-7-16(14)21-10-12-22(13-11-21)17(23)19-8-5-9-20(2)3/h4,6-7H,5,8-13H2,1-3H3,(H,19,23). The van der Waals surface area contributed by atoms with Crippen molar-refractivity contribution in [1.82, 2.24) is 15.1 Å². The molecule has 0 spiro atoms. The van der Waals surface area contributed by atoms with Gasteiger partial charge < -0.3 is 20.0 Å². The van der Waals surface area contributed by atoms with E-state index in [1.54, 1.807) is 0 Å². The van der Waals surface area contributed by atoms with Crippen LogP contribution in [-0.4, -0.2) is 69.2 Å². The van der Waals surface area contributed by atoms with E-state index in [1.165, 1.54) is 5.69 Å². The number of hydrogen-bond donors (Lipinski definition) is 1. The molecule has 0 atom stereocenters. The molecule has 0 bridgehead atoms. The topological polar surface area (TPSA) is 38.8 Å². The lowest BCUT2D eigenvalue weighted by atomic mass is 10.1. The van der Waals surface area contributed by atoms with Gasteiger partial charge in [0.05, 0.1) is 0 Å². The summed E-state index contributed by atoms with van der Waals surface area (Å²) in [5, 5.41) is 3.80. The number of benzene rings is 1. The number of carbonyl (C=O) groups is 1. The number of nitrogens with one attached hydrogen (secondary N) is 1. The van der Waals surface area contributed by atoms with Crippen molar-refractivity contribution in [2.45, 2.75) is 13.3 Å². The van der Waals surface area contributed by atoms with Crippen LogP contribution in [0.5, 0.6) is 0 Å². The third kappa shape index (κ3) is 5.01. The van der Waals surface area contributed by atoms with Gasteiger partial charge in [0.15, 0.2) is 0 Å². The van der Waals surface area contributed by atoms with Crippen LogP contribution in [0.1, 0.15) is 12.0 Å². The first-order valence-electron chi connectivity index (χ1n) is 8.16. The van der Waals surface area contributed by atoms with Gasteiger partial charge in [-0.05, 0) is 51.7 Å². The Morgan fingerprint density at radius 2 is 1.96 bits per heavy atom. The molecule has 0 unspecified atom stereocenters. The highest BCUT2D eigenvalue weighted by molar-refractivity contribution is 6.31. The van der Waals surface area contributed by atoms with Crippen molar-refractivity contribution in [3.63, 3.8) is 0 Å². The zero-order chi connectivity index (χ0) is 16.8. The van der Waals surface area contributed by atoms with Crippen molar-refractivity contribution in [3.05, 3.63) is 28.8 Å². The van der Waals surface area contributed by atoms with Crippen LogP contribution in [0.4, 0.5) is 10.5 Å². The van der Waals surface area contributed by atoms with Crippen LogP contribution in [0.15, 0.2) is 18.2 Å². The maximum absolute atomic E-state index is 12.2. The summed E-state index contributed by atoms with van der Waals surface area (Å²) in [5.41, 5.74) is 2.28. The van der Waals surface area contributed by atoms with Gasteiger partial charge in [0.2, 0.25) is 0 Å². The molecule has 1 aromatic carbocycles. The van der Waals surface area contributed by atoms with Crippen LogP contribution in [-0.2, 0) is 0 Å². The lowest BCUT2D eigenvalue weighted by Gasteiger charge is -2.36. The summed E-state index contributed by atoms with van der Waals surface area (Å²) in [7, 11) is 4.08. The van der Waals surface area contributed by atoms with Gasteiger partial charge in [-0.3, -0.25) is 0 Å². The van der Waals surface area contributed by atoms with E-state index in [4.69, 9.17) is 11.6 Å². The lowest BCUT2D eigenvalue weighted by Crippen LogP contribution is -2.52. The monoisotopic (exact) mass is 338 g/mol. The van der Waals surface area contributed by atoms with Gasteiger partial charge in [-0.25, -0.2) is 4.79 Å². The fraction of sp³-hybridized carbons (Fsp3) is 0.588. The van der Waals surface area contributed by atoms with E-state index in [1.807, 2.05) is 38.1 Å². The maximum Gasteiger partial charge on any atom is 0.317 e. The molecular weight excluding hydrogens is 312 g/mol. The summed E-state index contributed by atoms with van der Waals surface area (Å²) in [4.78, 5) is 18.5. The summed E-state index contributed by atoms with van der Waals surface area (Å²) in [6, 6.07) is 6.04. The quantitative estimate of drug-likeness (QED) is 0.838. The van der Waals surface area contributed by atoms with Crippen molar-refractivity contribution >= 4 is 23.3 Å². The van der Waals surface area contributed by atoms with Gasteiger partial charge in [-0.2, -0.15) is 0 Å². The number of carbonyl (C=O) groups excluding carboxylic acids is 1. The number of nitrogens with zero attached hydrogens (tertiary/aromatic N) is 3. The van der Waals surface area contributed by atoms with Gasteiger partial charge in [-0.1, -0.05) is 17.7 Å². The minimum absolute atomic E-state index is 0.0474. The number of hydrogen-bond acceptors (Lipinski definition) is 3. The van der Waals surface area contributed by atoms with E-state index in [0.29, 0.717) is 0 Å². The van der Waals surface area contributed by atoms with E-state index in [9.17, 15) is 4.79 Å². The van der Waals surface area contributed by atoms with E-state index >= 15 is 0 Å². The number of urea groups is 1. The molecule has 2 amide bonds. The van der Waals surface area contributed by atoms with Gasteiger partial charge in [0.1, 0.15) is 0 Å². The zero-order valence-electron chi connectivity index (χ0n) is 14.3. The molecular formula is C17H27ClN4O. The van der Waals surface area contributed by atoms with Gasteiger partial charge >= 0.3 is 6.03 Å². The van der Waals surface area contributed by atoms with Crippen LogP contribution in [0, 0.1) is 6.92 Å². The third-order valence-corrected chi connectivity index (χ3v) is 4.61. The second kappa shape index (κ2) is 8.41. The molecule has 1 heterocycles. The second-order valence-corrected chi connectivity index (χ2v) is 6.65. The SMILES string of the molecule is Cc1c(Cl)cccc1N1CCN(C(=O)NCCCN(C)C)CC1. The van der Waals surface area contributed by atoms with Gasteiger partial charge in [0.25, 0.3) is 0 Å². The van der Waals surface area contributed by atoms with Crippen LogP contribution in [0.2, 0.25) is 5.02 Å². The van der Waals surface area contributed by atoms with Crippen LogP contribution in [0.25, 0.3) is 0 Å². The smallest absolute Gasteiger partial charge is 0.317 e. The van der Waals surface area contributed by atoms with E-state index in [2.05, 4.69) is 21.2 Å². The van der Waals surface area contributed by atoms with Crippen molar-refractivity contribution < 1.29 is 4.79 Å². The molecule has 1 fully saturated rings. The Hall–Kier alpha value is -1.46. The summed E-state index contributed by atoms with van der Waals surface area (Å²) in [6.07, 6.45) is 0.973. The Labute approximate surface area is 144 Å². The third-order valence-electron chi connectivity index (χ3n) is 4.21. The van der Waals surface area contributed by atoms with E-state index in [-0.39, 0.29) is 6.03 Å². The summed E-state index contributed by atoms with van der Waals surface area (Å²) in [5.74, 6) is 0. The van der Waals surface area contributed by atoms with Crippen molar-refractivity contribution in [3.8, 4) is 0 Å². The summed E-state index contributed by atoms with van der Waals surface area (Å²) >= 11 is 6.20. The highest BCUT2D eigenvalue weighted by Crippen LogP contribution is 2.27. The minimum Gasteiger partial charge on any atom is -0.368 e. The van der Waals surface area contributed by atoms with Crippen molar-refractivity contribution in [1.29, 1.82) is 0 Å². The maximum atomic E-state index is 12.2. The Bertz CT molecular complexity index is 527. The molecule has 0 saturated carbocycles. The predicted octanol–water partition coefficient (Wildman–Crippen LogP) is 2.43. The average molecular weight is 339 g/mol. The van der Waals surface area contributed by atoms with Gasteiger partial charge in [0, 0.05) is 43.4 Å². The minimum atomic E-state index is 0.0474. The molecule has 0 radical (unpaired) electrons. The molecule has 1 aliphatic heterocycles. The molecule has 1 aromatic rings. The molecule has 5 nitrogen and oxygen atoms in total. The predicted molar refractivity (Wildman–Crippen MR) is 96.5 cm³/mol. The fourth-order valence-corrected chi connectivity index (χ4v) is 2.96. The molecule has 1 aliphatic rings. The number of amides is 2. The molecule has 128 valence electrons. The number of anilines is 1. The molecule has 0 aromatic heterocycles. The number of piperazine rings is 1. The van der Waals surface area contributed by atoms with Gasteiger partial charge in [-0.15, -0.1) is 0 Å². The number of halogens is 1. The highest BCUT2D eigenvalue weighted by atomic mass is 35.5. The molecule has 0 aliphatic carbocycles. The Kier molecular flexibility index (Phi) is 6.54. The average Bonchev–Trinajstić information content (AvgIpc) is 2.54. The van der Waals surface area contributed by atoms with E-state index < -0.39 is 0 Å². The normalized spacial score (nSPS) is 15.2. The first-order chi connectivity index (χ1) is 11.0. The zero-order valence-corrected chi connectivity index (χ0v) is 15.1. The van der Waals surface area contributed by atoms with Crippen LogP contribution in [0.3, 0.4) is 0 Å². The Morgan fingerprint density at radius 3 is 2.61 bits per heavy atom. The van der Waals surface area contributed by atoms with Crippen molar-refractivity contribution in [2.75, 3.05) is 58.3 Å². The Balaban J connectivity index is 1.79.